The highest BCUT2D eigenvalue weighted by Crippen LogP contribution is 2.48. The van der Waals surface area contributed by atoms with Gasteiger partial charge in [0, 0.05) is 5.69 Å². The average molecular weight is 572 g/mol. The smallest absolute Gasteiger partial charge is 0.309 e. The predicted octanol–water partition coefficient (Wildman–Crippen LogP) is 5.06. The summed E-state index contributed by atoms with van der Waals surface area (Å²) < 4.78 is 15.3. The molecular weight excluding hydrogens is 549 g/mol. The Kier molecular flexibility index (Phi) is 8.03. The summed E-state index contributed by atoms with van der Waals surface area (Å²) in [6, 6.07) is 12.5. The summed E-state index contributed by atoms with van der Waals surface area (Å²) in [7, 11) is 3.96. The zero-order chi connectivity index (χ0) is 28.4. The molecule has 1 saturated heterocycles. The summed E-state index contributed by atoms with van der Waals surface area (Å²) in [6.07, 6.45) is 0.0236. The maximum atomic E-state index is 13.4. The van der Waals surface area contributed by atoms with E-state index in [4.69, 9.17) is 37.4 Å². The Morgan fingerprint density at radius 3 is 2.13 bits per heavy atom. The fourth-order valence-corrected chi connectivity index (χ4v) is 5.06. The molecule has 1 atom stereocenters. The van der Waals surface area contributed by atoms with Crippen LogP contribution in [0.15, 0.2) is 60.2 Å². The number of hydrogen-bond acceptors (Lipinski definition) is 8. The molecule has 3 aromatic carbocycles. The lowest BCUT2D eigenvalue weighted by molar-refractivity contribution is -0.139. The number of phenolic OH excluding ortho intramolecular Hbond substituents is 1. The van der Waals surface area contributed by atoms with Gasteiger partial charge in [0.25, 0.3) is 11.7 Å². The van der Waals surface area contributed by atoms with E-state index in [2.05, 4.69) is 0 Å². The second-order valence-corrected chi connectivity index (χ2v) is 9.25. The number of benzene rings is 3. The van der Waals surface area contributed by atoms with Crippen LogP contribution in [0.3, 0.4) is 0 Å². The lowest BCUT2D eigenvalue weighted by Gasteiger charge is -2.26. The maximum Gasteiger partial charge on any atom is 0.309 e. The molecule has 0 aromatic heterocycles. The molecule has 1 aliphatic heterocycles. The molecule has 1 unspecified atom stereocenters. The number of carbonyl (C=O) groups excluding carboxylic acids is 3. The highest BCUT2D eigenvalue weighted by molar-refractivity contribution is 6.52. The number of aliphatic hydroxyl groups is 1. The number of amides is 1. The Labute approximate surface area is 233 Å². The molecule has 0 bridgehead atoms. The van der Waals surface area contributed by atoms with Gasteiger partial charge < -0.3 is 24.4 Å². The number of methoxy groups -OCH3 is 3. The normalized spacial score (nSPS) is 16.3. The minimum Gasteiger partial charge on any atom is -0.508 e. The minimum absolute atomic E-state index is 0.0155. The van der Waals surface area contributed by atoms with Crippen molar-refractivity contribution in [1.29, 1.82) is 0 Å². The van der Waals surface area contributed by atoms with Crippen LogP contribution in [0.2, 0.25) is 10.0 Å². The van der Waals surface area contributed by atoms with Crippen molar-refractivity contribution in [1.82, 2.24) is 0 Å². The number of ketones is 1. The van der Waals surface area contributed by atoms with E-state index in [0.717, 1.165) is 0 Å². The van der Waals surface area contributed by atoms with Gasteiger partial charge >= 0.3 is 5.97 Å². The highest BCUT2D eigenvalue weighted by Gasteiger charge is 2.47. The van der Waals surface area contributed by atoms with E-state index in [1.54, 1.807) is 24.3 Å². The molecule has 0 saturated carbocycles. The number of nitrogens with zero attached hydrogens (tertiary/aromatic N) is 1. The van der Waals surface area contributed by atoms with Gasteiger partial charge in [-0.3, -0.25) is 19.3 Å². The number of phenols is 1. The van der Waals surface area contributed by atoms with Crippen LogP contribution in [0.1, 0.15) is 22.7 Å². The fourth-order valence-electron chi connectivity index (χ4n) is 4.38. The number of aromatic hydroxyl groups is 1. The monoisotopic (exact) mass is 571 g/mol. The number of aliphatic hydroxyl groups excluding tert-OH is 1. The number of halogens is 2. The molecule has 1 heterocycles. The summed E-state index contributed by atoms with van der Waals surface area (Å²) >= 11 is 12.7. The first kappa shape index (κ1) is 27.8. The van der Waals surface area contributed by atoms with Crippen LogP contribution in [-0.4, -0.2) is 49.2 Å². The SMILES string of the molecule is COC(=O)Cc1ccc(N2C(=O)C(=O)/C(=C(/O)c3cc(Cl)c(OC)c(Cl)c3OC)C2c2ccc(O)cc2)cc1. The van der Waals surface area contributed by atoms with Crippen LogP contribution in [0.4, 0.5) is 5.69 Å². The minimum atomic E-state index is -1.10. The van der Waals surface area contributed by atoms with E-state index >= 15 is 0 Å². The summed E-state index contributed by atoms with van der Waals surface area (Å²) in [5, 5.41) is 21.3. The van der Waals surface area contributed by atoms with Crippen LogP contribution in [0.5, 0.6) is 17.2 Å². The number of anilines is 1. The molecule has 4 rings (SSSR count). The largest absolute Gasteiger partial charge is 0.508 e. The second-order valence-electron chi connectivity index (χ2n) is 8.47. The summed E-state index contributed by atoms with van der Waals surface area (Å²) in [5.41, 5.74) is 1.12. The van der Waals surface area contributed by atoms with Crippen LogP contribution in [-0.2, 0) is 25.5 Å². The van der Waals surface area contributed by atoms with Gasteiger partial charge in [0.05, 0.1) is 50.0 Å². The van der Waals surface area contributed by atoms with Crippen molar-refractivity contribution >= 4 is 52.3 Å². The molecule has 11 heteroatoms. The fraction of sp³-hybridized carbons (Fsp3) is 0.179. The summed E-state index contributed by atoms with van der Waals surface area (Å²) in [4.78, 5) is 39.7. The zero-order valence-electron chi connectivity index (χ0n) is 21.0. The molecule has 0 spiro atoms. The van der Waals surface area contributed by atoms with E-state index in [9.17, 15) is 24.6 Å². The van der Waals surface area contributed by atoms with Crippen molar-refractivity contribution in [2.75, 3.05) is 26.2 Å². The third-order valence-electron chi connectivity index (χ3n) is 6.24. The van der Waals surface area contributed by atoms with E-state index in [1.165, 1.54) is 56.6 Å². The van der Waals surface area contributed by atoms with E-state index in [0.29, 0.717) is 16.8 Å². The van der Waals surface area contributed by atoms with Crippen LogP contribution in [0, 0.1) is 0 Å². The topological polar surface area (TPSA) is 123 Å². The molecule has 1 aliphatic rings. The van der Waals surface area contributed by atoms with Gasteiger partial charge in [0.15, 0.2) is 11.5 Å². The molecule has 2 N–H and O–H groups in total. The molecule has 202 valence electrons. The van der Waals surface area contributed by atoms with Crippen molar-refractivity contribution < 1.29 is 38.8 Å². The van der Waals surface area contributed by atoms with Crippen molar-refractivity contribution in [2.24, 2.45) is 0 Å². The van der Waals surface area contributed by atoms with Crippen LogP contribution in [0.25, 0.3) is 5.76 Å². The molecule has 39 heavy (non-hydrogen) atoms. The van der Waals surface area contributed by atoms with Crippen LogP contribution < -0.4 is 14.4 Å². The molecule has 1 amide bonds. The zero-order valence-corrected chi connectivity index (χ0v) is 22.5. The number of hydrogen-bond donors (Lipinski definition) is 2. The standard InChI is InChI=1S/C28H23Cl2NO8/c1-37-20(33)12-14-4-8-16(9-5-14)31-23(15-6-10-17(32)11-7-15)21(25(35)28(31)36)24(34)18-13-19(29)27(39-3)22(30)26(18)38-2/h4-11,13,23,32,34H,12H2,1-3H3/b24-21+. The number of rotatable bonds is 7. The Hall–Kier alpha value is -4.21. The predicted molar refractivity (Wildman–Crippen MR) is 145 cm³/mol. The van der Waals surface area contributed by atoms with E-state index < -0.39 is 29.5 Å². The van der Waals surface area contributed by atoms with Crippen molar-refractivity contribution in [2.45, 2.75) is 12.5 Å². The van der Waals surface area contributed by atoms with Crippen molar-refractivity contribution in [3.63, 3.8) is 0 Å². The molecule has 0 aliphatic carbocycles. The third kappa shape index (κ3) is 5.10. The molecule has 1 fully saturated rings. The first-order valence-electron chi connectivity index (χ1n) is 11.5. The van der Waals surface area contributed by atoms with E-state index in [-0.39, 0.29) is 44.9 Å². The number of Topliss-reactive ketones (excluding diaryl/α,β-unsaturated/α-hetero) is 1. The van der Waals surface area contributed by atoms with Crippen molar-refractivity contribution in [3.8, 4) is 17.2 Å². The average Bonchev–Trinajstić information content (AvgIpc) is 3.19. The summed E-state index contributed by atoms with van der Waals surface area (Å²) in [6.45, 7) is 0. The number of ether oxygens (including phenoxy) is 3. The van der Waals surface area contributed by atoms with Gasteiger partial charge in [-0.05, 0) is 41.5 Å². The second kappa shape index (κ2) is 11.3. The molecular formula is C28H23Cl2NO8. The lowest BCUT2D eigenvalue weighted by atomic mass is 9.94. The van der Waals surface area contributed by atoms with Crippen molar-refractivity contribution in [3.05, 3.63) is 86.9 Å². The quantitative estimate of drug-likeness (QED) is 0.175. The van der Waals surface area contributed by atoms with Gasteiger partial charge in [-0.15, -0.1) is 0 Å². The van der Waals surface area contributed by atoms with Gasteiger partial charge in [-0.1, -0.05) is 47.5 Å². The molecule has 0 radical (unpaired) electrons. The molecule has 9 nitrogen and oxygen atoms in total. The van der Waals surface area contributed by atoms with E-state index in [1.807, 2.05) is 0 Å². The van der Waals surface area contributed by atoms with Gasteiger partial charge in [0.1, 0.15) is 16.5 Å². The Balaban J connectivity index is 1.93. The third-order valence-corrected chi connectivity index (χ3v) is 6.86. The first-order valence-corrected chi connectivity index (χ1v) is 12.2. The lowest BCUT2D eigenvalue weighted by Crippen LogP contribution is -2.29. The highest BCUT2D eigenvalue weighted by atomic mass is 35.5. The number of esters is 1. The Morgan fingerprint density at radius 1 is 0.949 bits per heavy atom. The molecule has 3 aromatic rings. The first-order chi connectivity index (χ1) is 18.6. The Morgan fingerprint density at radius 2 is 1.56 bits per heavy atom. The number of carbonyl (C=O) groups is 3. The van der Waals surface area contributed by atoms with Gasteiger partial charge in [-0.25, -0.2) is 0 Å². The Bertz CT molecular complexity index is 1480. The van der Waals surface area contributed by atoms with Gasteiger partial charge in [-0.2, -0.15) is 0 Å². The summed E-state index contributed by atoms with van der Waals surface area (Å²) in [5.74, 6) is -2.81. The maximum absolute atomic E-state index is 13.4. The van der Waals surface area contributed by atoms with Gasteiger partial charge in [0.2, 0.25) is 0 Å². The van der Waals surface area contributed by atoms with Crippen LogP contribution >= 0.6 is 23.2 Å².